The lowest BCUT2D eigenvalue weighted by atomic mass is 10.1. The summed E-state index contributed by atoms with van der Waals surface area (Å²) in [5.41, 5.74) is 0.873. The van der Waals surface area contributed by atoms with Gasteiger partial charge in [-0.2, -0.15) is 0 Å². The molecule has 0 aliphatic carbocycles. The van der Waals surface area contributed by atoms with Crippen LogP contribution in [0.25, 0.3) is 0 Å². The monoisotopic (exact) mass is 526 g/mol. The topological polar surface area (TPSA) is 168 Å². The predicted molar refractivity (Wildman–Crippen MR) is 125 cm³/mol. The van der Waals surface area contributed by atoms with Gasteiger partial charge >= 0.3 is 11.6 Å². The summed E-state index contributed by atoms with van der Waals surface area (Å²) in [6.45, 7) is 3.50. The Hall–Kier alpha value is -2.74. The Morgan fingerprint density at radius 2 is 1.39 bits per heavy atom. The summed E-state index contributed by atoms with van der Waals surface area (Å²) in [5, 5.41) is 41.9. The fourth-order valence-corrected chi connectivity index (χ4v) is 3.31. The quantitative estimate of drug-likeness (QED) is 0.398. The van der Waals surface area contributed by atoms with Crippen molar-refractivity contribution in [2.75, 3.05) is 31.1 Å². The van der Waals surface area contributed by atoms with E-state index in [1.807, 2.05) is 0 Å². The molecule has 0 bridgehead atoms. The number of nitrogens with zero attached hydrogens (tertiary/aromatic N) is 5. The van der Waals surface area contributed by atoms with Crippen LogP contribution in [0.5, 0.6) is 0 Å². The van der Waals surface area contributed by atoms with E-state index in [0.29, 0.717) is 0 Å². The first kappa shape index (κ1) is 26.5. The smallest absolute Gasteiger partial charge is 0.363 e. The van der Waals surface area contributed by atoms with E-state index in [9.17, 15) is 25.3 Å². The third kappa shape index (κ3) is 9.74. The van der Waals surface area contributed by atoms with Crippen LogP contribution in [0.2, 0.25) is 0 Å². The van der Waals surface area contributed by atoms with Crippen molar-refractivity contribution >= 4 is 33.3 Å². The number of nitrogens with one attached hydrogen (secondary N) is 1. The number of pyridine rings is 2. The number of rotatable bonds is 3. The van der Waals surface area contributed by atoms with Gasteiger partial charge in [0.1, 0.15) is 0 Å². The maximum atomic E-state index is 10.4. The summed E-state index contributed by atoms with van der Waals surface area (Å²) in [5.74, 6) is -0.274. The first-order valence-corrected chi connectivity index (χ1v) is 11.2. The largest absolute Gasteiger partial charge is 0.393 e. The summed E-state index contributed by atoms with van der Waals surface area (Å²) >= 11 is 3.11. The molecule has 0 spiro atoms. The minimum Gasteiger partial charge on any atom is -0.393 e. The molecule has 12 nitrogen and oxygen atoms in total. The first-order valence-electron chi connectivity index (χ1n) is 10.4. The average Bonchev–Trinajstić information content (AvgIpc) is 2.81. The summed E-state index contributed by atoms with van der Waals surface area (Å²) in [4.78, 5) is 28.8. The molecule has 0 atom stereocenters. The molecule has 0 aromatic carbocycles. The van der Waals surface area contributed by atoms with E-state index in [0.717, 1.165) is 62.0 Å². The summed E-state index contributed by atoms with van der Waals surface area (Å²) in [6.07, 6.45) is 5.98. The SMILES string of the molecule is O=[N+]([O-])c1ccc(Br)cn1.O=[N+]([O-])c1ccc(N2CCC(O)CC2)cn1.OC1CCNCC1. The van der Waals surface area contributed by atoms with Crippen LogP contribution in [0, 0.1) is 20.2 Å². The number of aromatic nitrogens is 2. The van der Waals surface area contributed by atoms with Gasteiger partial charge in [0.15, 0.2) is 12.4 Å². The number of halogens is 1. The molecule has 4 rings (SSSR count). The molecule has 180 valence electrons. The van der Waals surface area contributed by atoms with Gasteiger partial charge in [-0.05, 0) is 86.7 Å². The van der Waals surface area contributed by atoms with E-state index in [1.165, 1.54) is 24.5 Å². The fraction of sp³-hybridized carbons (Fsp3) is 0.500. The van der Waals surface area contributed by atoms with Crippen molar-refractivity contribution in [1.82, 2.24) is 15.3 Å². The van der Waals surface area contributed by atoms with Gasteiger partial charge in [0.25, 0.3) is 0 Å². The Bertz CT molecular complexity index is 872. The van der Waals surface area contributed by atoms with Crippen LogP contribution in [0.1, 0.15) is 25.7 Å². The number of nitro groups is 2. The van der Waals surface area contributed by atoms with Crippen LogP contribution in [-0.2, 0) is 0 Å². The molecule has 3 N–H and O–H groups in total. The van der Waals surface area contributed by atoms with Gasteiger partial charge in [0, 0.05) is 25.2 Å². The molecule has 0 unspecified atom stereocenters. The van der Waals surface area contributed by atoms with E-state index in [4.69, 9.17) is 5.11 Å². The number of anilines is 1. The Morgan fingerprint density at radius 1 is 0.879 bits per heavy atom. The minimum atomic E-state index is -0.535. The van der Waals surface area contributed by atoms with Gasteiger partial charge in [0.2, 0.25) is 0 Å². The molecule has 33 heavy (non-hydrogen) atoms. The number of hydrogen-bond acceptors (Lipinski definition) is 10. The lowest BCUT2D eigenvalue weighted by molar-refractivity contribution is -0.389. The van der Waals surface area contributed by atoms with Crippen LogP contribution >= 0.6 is 15.9 Å². The summed E-state index contributed by atoms with van der Waals surface area (Å²) in [6, 6.07) is 6.01. The van der Waals surface area contributed by atoms with Gasteiger partial charge in [0.05, 0.1) is 22.4 Å². The zero-order chi connectivity index (χ0) is 24.2. The number of aliphatic hydroxyl groups is 2. The zero-order valence-electron chi connectivity index (χ0n) is 17.9. The van der Waals surface area contributed by atoms with Crippen molar-refractivity contribution in [3.63, 3.8) is 0 Å². The maximum Gasteiger partial charge on any atom is 0.363 e. The van der Waals surface area contributed by atoms with Crippen molar-refractivity contribution in [2.24, 2.45) is 0 Å². The Morgan fingerprint density at radius 3 is 1.79 bits per heavy atom. The normalized spacial score (nSPS) is 16.6. The number of piperidine rings is 2. The molecular weight excluding hydrogens is 500 g/mol. The van der Waals surface area contributed by atoms with Crippen molar-refractivity contribution < 1.29 is 20.1 Å². The van der Waals surface area contributed by atoms with Gasteiger partial charge in [-0.25, -0.2) is 0 Å². The van der Waals surface area contributed by atoms with Crippen molar-refractivity contribution in [3.05, 3.63) is 61.4 Å². The van der Waals surface area contributed by atoms with Crippen molar-refractivity contribution in [1.29, 1.82) is 0 Å². The number of hydrogen-bond donors (Lipinski definition) is 3. The van der Waals surface area contributed by atoms with Gasteiger partial charge < -0.3 is 40.7 Å². The highest BCUT2D eigenvalue weighted by Crippen LogP contribution is 2.20. The Kier molecular flexibility index (Phi) is 11.0. The molecule has 2 aliphatic heterocycles. The fourth-order valence-electron chi connectivity index (χ4n) is 3.08. The molecule has 2 fully saturated rings. The molecule has 4 heterocycles. The second kappa shape index (κ2) is 13.7. The minimum absolute atomic E-state index is 0.0266. The van der Waals surface area contributed by atoms with Crippen LogP contribution in [0.4, 0.5) is 17.3 Å². The van der Waals surface area contributed by atoms with E-state index >= 15 is 0 Å². The van der Waals surface area contributed by atoms with E-state index in [1.54, 1.807) is 12.1 Å². The highest BCUT2D eigenvalue weighted by atomic mass is 79.9. The molecule has 2 aromatic rings. The van der Waals surface area contributed by atoms with Crippen molar-refractivity contribution in [2.45, 2.75) is 37.9 Å². The lowest BCUT2D eigenvalue weighted by Crippen LogP contribution is -2.35. The molecule has 13 heteroatoms. The molecule has 0 saturated carbocycles. The first-order chi connectivity index (χ1) is 15.8. The third-order valence-corrected chi connectivity index (χ3v) is 5.43. The molecular formula is C20H27BrN6O6. The van der Waals surface area contributed by atoms with Gasteiger partial charge in [-0.3, -0.25) is 0 Å². The second-order valence-electron chi connectivity index (χ2n) is 7.42. The van der Waals surface area contributed by atoms with Crippen LogP contribution < -0.4 is 10.2 Å². The molecule has 0 radical (unpaired) electrons. The highest BCUT2D eigenvalue weighted by Gasteiger charge is 2.18. The standard InChI is InChI=1S/C10H13N3O3.C5H3BrN2O2.C5H11NO/c14-9-3-5-12(6-4-9)8-1-2-10(11-7-8)13(15)16;6-4-1-2-5(7-3-4)8(9)10;7-5-1-3-6-4-2-5/h1-2,7,9,14H,3-6H2;1-3H;5-7H,1-4H2. The third-order valence-electron chi connectivity index (χ3n) is 4.96. The molecule has 2 aromatic heterocycles. The predicted octanol–water partition coefficient (Wildman–Crippen LogP) is 2.43. The second-order valence-corrected chi connectivity index (χ2v) is 8.34. The summed E-state index contributed by atoms with van der Waals surface area (Å²) in [7, 11) is 0. The van der Waals surface area contributed by atoms with Gasteiger partial charge in [-0.15, -0.1) is 0 Å². The van der Waals surface area contributed by atoms with Crippen LogP contribution in [0.15, 0.2) is 41.1 Å². The number of aliphatic hydroxyl groups excluding tert-OH is 2. The van der Waals surface area contributed by atoms with Crippen LogP contribution in [0.3, 0.4) is 0 Å². The average molecular weight is 527 g/mol. The summed E-state index contributed by atoms with van der Waals surface area (Å²) < 4.78 is 0.734. The molecule has 2 aliphatic rings. The van der Waals surface area contributed by atoms with E-state index < -0.39 is 9.85 Å². The van der Waals surface area contributed by atoms with E-state index in [-0.39, 0.29) is 23.8 Å². The maximum absolute atomic E-state index is 10.4. The van der Waals surface area contributed by atoms with Crippen molar-refractivity contribution in [3.8, 4) is 0 Å². The molecule has 0 amide bonds. The van der Waals surface area contributed by atoms with Crippen LogP contribution in [-0.4, -0.2) is 68.4 Å². The van der Waals surface area contributed by atoms with Gasteiger partial charge in [-0.1, -0.05) is 0 Å². The Labute approximate surface area is 199 Å². The zero-order valence-corrected chi connectivity index (χ0v) is 19.5. The van der Waals surface area contributed by atoms with E-state index in [2.05, 4.69) is 36.1 Å². The molecule has 2 saturated heterocycles. The lowest BCUT2D eigenvalue weighted by Gasteiger charge is -2.30. The highest BCUT2D eigenvalue weighted by molar-refractivity contribution is 9.10. The Balaban J connectivity index is 0.000000193.